The molecule has 100 valence electrons. The first-order valence-electron chi connectivity index (χ1n) is 5.25. The van der Waals surface area contributed by atoms with Crippen LogP contribution in [-0.4, -0.2) is 20.9 Å². The SMILES string of the molecule is Cn1nc(C(=O)O)cc1-c1ccc(C(F)F)c(Br)c1. The molecule has 19 heavy (non-hydrogen) atoms. The van der Waals surface area contributed by atoms with Gasteiger partial charge in [0.1, 0.15) is 0 Å². The van der Waals surface area contributed by atoms with Gasteiger partial charge in [0.05, 0.1) is 5.69 Å². The fraction of sp³-hybridized carbons (Fsp3) is 0.167. The van der Waals surface area contributed by atoms with Gasteiger partial charge in [-0.2, -0.15) is 5.10 Å². The largest absolute Gasteiger partial charge is 0.476 e. The van der Waals surface area contributed by atoms with E-state index in [0.717, 1.165) is 0 Å². The number of carboxylic acid groups (broad SMARTS) is 1. The van der Waals surface area contributed by atoms with Crippen LogP contribution in [0.3, 0.4) is 0 Å². The number of nitrogens with zero attached hydrogens (tertiary/aromatic N) is 2. The van der Waals surface area contributed by atoms with Crippen LogP contribution in [0.4, 0.5) is 8.78 Å². The molecule has 1 heterocycles. The highest BCUT2D eigenvalue weighted by molar-refractivity contribution is 9.10. The number of halogens is 3. The summed E-state index contributed by atoms with van der Waals surface area (Å²) in [6, 6.07) is 5.72. The molecule has 0 spiro atoms. The maximum atomic E-state index is 12.6. The maximum Gasteiger partial charge on any atom is 0.356 e. The zero-order valence-corrected chi connectivity index (χ0v) is 11.4. The van der Waals surface area contributed by atoms with E-state index in [1.54, 1.807) is 7.05 Å². The van der Waals surface area contributed by atoms with E-state index in [9.17, 15) is 13.6 Å². The topological polar surface area (TPSA) is 55.1 Å². The summed E-state index contributed by atoms with van der Waals surface area (Å²) in [6.07, 6.45) is -2.57. The van der Waals surface area contributed by atoms with Crippen LogP contribution in [-0.2, 0) is 7.05 Å². The van der Waals surface area contributed by atoms with Crippen LogP contribution in [0.5, 0.6) is 0 Å². The molecular weight excluding hydrogens is 322 g/mol. The van der Waals surface area contributed by atoms with E-state index in [1.807, 2.05) is 0 Å². The third kappa shape index (κ3) is 2.65. The monoisotopic (exact) mass is 330 g/mol. The van der Waals surface area contributed by atoms with Crippen LogP contribution in [0.25, 0.3) is 11.3 Å². The number of benzene rings is 1. The van der Waals surface area contributed by atoms with Crippen molar-refractivity contribution in [2.75, 3.05) is 0 Å². The Labute approximate surface area is 115 Å². The second-order valence-electron chi connectivity index (χ2n) is 3.88. The molecule has 2 aromatic rings. The molecular formula is C12H9BrF2N2O2. The van der Waals surface area contributed by atoms with E-state index < -0.39 is 12.4 Å². The lowest BCUT2D eigenvalue weighted by molar-refractivity contribution is 0.0689. The zero-order chi connectivity index (χ0) is 14.2. The Hall–Kier alpha value is -1.76. The summed E-state index contributed by atoms with van der Waals surface area (Å²) in [5, 5.41) is 12.7. The molecule has 0 atom stereocenters. The first kappa shape index (κ1) is 13.7. The predicted octanol–water partition coefficient (Wildman–Crippen LogP) is 3.49. The Morgan fingerprint density at radius 2 is 2.11 bits per heavy atom. The van der Waals surface area contributed by atoms with Gasteiger partial charge in [0.25, 0.3) is 6.43 Å². The Morgan fingerprint density at radius 1 is 1.42 bits per heavy atom. The molecule has 0 amide bonds. The lowest BCUT2D eigenvalue weighted by Crippen LogP contribution is -1.99. The summed E-state index contributed by atoms with van der Waals surface area (Å²) < 4.78 is 26.9. The van der Waals surface area contributed by atoms with Gasteiger partial charge in [-0.3, -0.25) is 4.68 Å². The Morgan fingerprint density at radius 3 is 2.58 bits per heavy atom. The van der Waals surface area contributed by atoms with E-state index in [4.69, 9.17) is 5.11 Å². The molecule has 0 fully saturated rings. The van der Waals surface area contributed by atoms with Crippen molar-refractivity contribution in [3.8, 4) is 11.3 Å². The number of hydrogen-bond acceptors (Lipinski definition) is 2. The molecule has 1 N–H and O–H groups in total. The van der Waals surface area contributed by atoms with E-state index in [-0.39, 0.29) is 15.7 Å². The quantitative estimate of drug-likeness (QED) is 0.937. The number of hydrogen-bond donors (Lipinski definition) is 1. The Balaban J connectivity index is 2.48. The summed E-state index contributed by atoms with van der Waals surface area (Å²) in [5.41, 5.74) is 0.952. The van der Waals surface area contributed by atoms with Crippen molar-refractivity contribution in [3.05, 3.63) is 40.0 Å². The van der Waals surface area contributed by atoms with Crippen molar-refractivity contribution in [1.29, 1.82) is 0 Å². The number of alkyl halides is 2. The Kier molecular flexibility index (Phi) is 3.66. The molecule has 0 aliphatic heterocycles. The first-order chi connectivity index (χ1) is 8.90. The first-order valence-corrected chi connectivity index (χ1v) is 6.04. The zero-order valence-electron chi connectivity index (χ0n) is 9.77. The smallest absolute Gasteiger partial charge is 0.356 e. The van der Waals surface area contributed by atoms with Gasteiger partial charge >= 0.3 is 5.97 Å². The van der Waals surface area contributed by atoms with Crippen LogP contribution in [0.1, 0.15) is 22.5 Å². The Bertz CT molecular complexity index is 641. The lowest BCUT2D eigenvalue weighted by atomic mass is 10.1. The maximum absolute atomic E-state index is 12.6. The van der Waals surface area contributed by atoms with Gasteiger partial charge in [0.15, 0.2) is 5.69 Å². The molecule has 0 aliphatic carbocycles. The van der Waals surface area contributed by atoms with Crippen molar-refractivity contribution in [1.82, 2.24) is 9.78 Å². The highest BCUT2D eigenvalue weighted by Gasteiger charge is 2.16. The molecule has 2 rings (SSSR count). The second-order valence-corrected chi connectivity index (χ2v) is 4.73. The highest BCUT2D eigenvalue weighted by atomic mass is 79.9. The number of aromatic carboxylic acids is 1. The molecule has 1 aromatic carbocycles. The number of rotatable bonds is 3. The average molecular weight is 331 g/mol. The van der Waals surface area contributed by atoms with E-state index >= 15 is 0 Å². The van der Waals surface area contributed by atoms with Gasteiger partial charge in [-0.05, 0) is 12.1 Å². The standard InChI is InChI=1S/C12H9BrF2N2O2/c1-17-10(5-9(16-17)12(18)19)6-2-3-7(11(14)15)8(13)4-6/h2-5,11H,1H3,(H,18,19). The van der Waals surface area contributed by atoms with Crippen molar-refractivity contribution >= 4 is 21.9 Å². The molecule has 0 bridgehead atoms. The minimum atomic E-state index is -2.57. The van der Waals surface area contributed by atoms with E-state index in [2.05, 4.69) is 21.0 Å². The van der Waals surface area contributed by atoms with Gasteiger partial charge in [0, 0.05) is 22.6 Å². The second kappa shape index (κ2) is 5.08. The summed E-state index contributed by atoms with van der Waals surface area (Å²) >= 11 is 3.08. The number of carbonyl (C=O) groups is 1. The van der Waals surface area contributed by atoms with E-state index in [0.29, 0.717) is 11.3 Å². The number of carboxylic acids is 1. The molecule has 0 aliphatic rings. The lowest BCUT2D eigenvalue weighted by Gasteiger charge is -2.06. The van der Waals surface area contributed by atoms with Gasteiger partial charge < -0.3 is 5.11 Å². The summed E-state index contributed by atoms with van der Waals surface area (Å²) in [4.78, 5) is 10.8. The van der Waals surface area contributed by atoms with Crippen molar-refractivity contribution in [2.45, 2.75) is 6.43 Å². The van der Waals surface area contributed by atoms with Gasteiger partial charge in [-0.15, -0.1) is 0 Å². The fourth-order valence-electron chi connectivity index (χ4n) is 1.71. The van der Waals surface area contributed by atoms with Gasteiger partial charge in [0.2, 0.25) is 0 Å². The minimum Gasteiger partial charge on any atom is -0.476 e. The van der Waals surface area contributed by atoms with Crippen LogP contribution in [0.15, 0.2) is 28.7 Å². The van der Waals surface area contributed by atoms with Gasteiger partial charge in [-0.25, -0.2) is 13.6 Å². The van der Waals surface area contributed by atoms with Crippen molar-refractivity contribution < 1.29 is 18.7 Å². The van der Waals surface area contributed by atoms with Crippen LogP contribution in [0.2, 0.25) is 0 Å². The van der Waals surface area contributed by atoms with E-state index in [1.165, 1.54) is 28.9 Å². The van der Waals surface area contributed by atoms with Gasteiger partial charge in [-0.1, -0.05) is 28.1 Å². The number of aromatic nitrogens is 2. The molecule has 0 saturated carbocycles. The number of aryl methyl sites for hydroxylation is 1. The molecule has 7 heteroatoms. The fourth-order valence-corrected chi connectivity index (χ4v) is 2.26. The molecule has 0 saturated heterocycles. The highest BCUT2D eigenvalue weighted by Crippen LogP contribution is 2.31. The van der Waals surface area contributed by atoms with Crippen LogP contribution >= 0.6 is 15.9 Å². The summed E-state index contributed by atoms with van der Waals surface area (Å²) in [6.45, 7) is 0. The third-order valence-corrected chi connectivity index (χ3v) is 3.32. The minimum absolute atomic E-state index is 0.0911. The molecule has 0 radical (unpaired) electrons. The normalized spacial score (nSPS) is 11.0. The van der Waals surface area contributed by atoms with Crippen LogP contribution < -0.4 is 0 Å². The average Bonchev–Trinajstić information content (AvgIpc) is 2.71. The summed E-state index contributed by atoms with van der Waals surface area (Å²) in [7, 11) is 1.59. The van der Waals surface area contributed by atoms with Crippen molar-refractivity contribution in [3.63, 3.8) is 0 Å². The molecule has 1 aromatic heterocycles. The summed E-state index contributed by atoms with van der Waals surface area (Å²) in [5.74, 6) is -1.13. The van der Waals surface area contributed by atoms with Crippen molar-refractivity contribution in [2.24, 2.45) is 7.05 Å². The third-order valence-electron chi connectivity index (χ3n) is 2.63. The molecule has 0 unspecified atom stereocenters. The predicted molar refractivity (Wildman–Crippen MR) is 68.3 cm³/mol. The molecule has 4 nitrogen and oxygen atoms in total. The van der Waals surface area contributed by atoms with Crippen LogP contribution in [0, 0.1) is 0 Å².